The van der Waals surface area contributed by atoms with Crippen LogP contribution in [0.4, 0.5) is 5.69 Å². The molecule has 0 radical (unpaired) electrons. The highest BCUT2D eigenvalue weighted by atomic mass is 32.1. The van der Waals surface area contributed by atoms with Gasteiger partial charge in [-0.15, -0.1) is 11.3 Å². The van der Waals surface area contributed by atoms with Gasteiger partial charge in [0.1, 0.15) is 0 Å². The maximum absolute atomic E-state index is 5.48. The zero-order chi connectivity index (χ0) is 14.4. The summed E-state index contributed by atoms with van der Waals surface area (Å²) in [5, 5.41) is 8.71. The van der Waals surface area contributed by atoms with Crippen molar-refractivity contribution in [2.45, 2.75) is 38.6 Å². The summed E-state index contributed by atoms with van der Waals surface area (Å²) in [6.07, 6.45) is 5.48. The van der Waals surface area contributed by atoms with Crippen LogP contribution < -0.4 is 10.6 Å². The molecule has 1 heterocycles. The van der Waals surface area contributed by atoms with Crippen LogP contribution in [-0.4, -0.2) is 16.1 Å². The number of rotatable bonds is 2. The summed E-state index contributed by atoms with van der Waals surface area (Å²) in [5.74, 6) is 1.77. The van der Waals surface area contributed by atoms with E-state index in [1.54, 1.807) is 11.3 Å². The second-order valence-corrected chi connectivity index (χ2v) is 7.94. The third kappa shape index (κ3) is 2.64. The summed E-state index contributed by atoms with van der Waals surface area (Å²) in [5.41, 5.74) is 2.11. The highest BCUT2D eigenvalue weighted by Gasteiger charge is 2.39. The Morgan fingerprint density at radius 1 is 1.33 bits per heavy atom. The van der Waals surface area contributed by atoms with E-state index in [0.29, 0.717) is 6.04 Å². The van der Waals surface area contributed by atoms with Gasteiger partial charge in [0.2, 0.25) is 0 Å². The number of thiocarbonyl (C=S) groups is 1. The molecule has 110 valence electrons. The van der Waals surface area contributed by atoms with Crippen LogP contribution in [0.1, 0.15) is 30.7 Å². The van der Waals surface area contributed by atoms with Crippen LogP contribution >= 0.6 is 23.6 Å². The Hall–Kier alpha value is -1.20. The molecule has 2 N–H and O–H groups in total. The summed E-state index contributed by atoms with van der Waals surface area (Å²) in [6, 6.07) is 6.82. The highest BCUT2D eigenvalue weighted by Crippen LogP contribution is 2.44. The maximum Gasteiger partial charge on any atom is 0.171 e. The third-order valence-corrected chi connectivity index (χ3v) is 5.96. The fraction of sp³-hybridized carbons (Fsp3) is 0.500. The summed E-state index contributed by atoms with van der Waals surface area (Å²) >= 11 is 7.20. The number of nitrogens with one attached hydrogen (secondary N) is 2. The summed E-state index contributed by atoms with van der Waals surface area (Å²) in [7, 11) is 0. The van der Waals surface area contributed by atoms with E-state index in [1.807, 2.05) is 6.92 Å². The predicted molar refractivity (Wildman–Crippen MR) is 92.9 cm³/mol. The highest BCUT2D eigenvalue weighted by molar-refractivity contribution is 7.80. The van der Waals surface area contributed by atoms with Crippen LogP contribution in [0.25, 0.3) is 10.2 Å². The van der Waals surface area contributed by atoms with E-state index < -0.39 is 0 Å². The zero-order valence-electron chi connectivity index (χ0n) is 12.1. The number of hydrogen-bond donors (Lipinski definition) is 2. The molecule has 2 aromatic rings. The van der Waals surface area contributed by atoms with E-state index in [1.165, 1.54) is 30.4 Å². The molecular weight excluding hydrogens is 298 g/mol. The first-order valence-corrected chi connectivity index (χ1v) is 8.84. The van der Waals surface area contributed by atoms with Gasteiger partial charge in [0.25, 0.3) is 0 Å². The Labute approximate surface area is 134 Å². The van der Waals surface area contributed by atoms with E-state index in [4.69, 9.17) is 12.2 Å². The molecule has 5 heteroatoms. The predicted octanol–water partition coefficient (Wildman–Crippen LogP) is 4.08. The Bertz CT molecular complexity index is 694. The molecule has 2 aliphatic carbocycles. The first-order valence-electron chi connectivity index (χ1n) is 7.62. The molecule has 0 unspecified atom stereocenters. The molecule has 21 heavy (non-hydrogen) atoms. The van der Waals surface area contributed by atoms with Crippen molar-refractivity contribution in [3.05, 3.63) is 23.2 Å². The lowest BCUT2D eigenvalue weighted by Gasteiger charge is -2.24. The van der Waals surface area contributed by atoms with E-state index in [9.17, 15) is 0 Å². The lowest BCUT2D eigenvalue weighted by Crippen LogP contribution is -2.40. The second-order valence-electron chi connectivity index (χ2n) is 6.30. The number of thiazole rings is 1. The molecule has 2 fully saturated rings. The number of fused-ring (bicyclic) bond motifs is 3. The molecule has 3 atom stereocenters. The van der Waals surface area contributed by atoms with Crippen molar-refractivity contribution in [3.63, 3.8) is 0 Å². The third-order valence-electron chi connectivity index (χ3n) is 4.81. The molecule has 1 aromatic heterocycles. The van der Waals surface area contributed by atoms with Crippen LogP contribution in [0.2, 0.25) is 0 Å². The minimum absolute atomic E-state index is 0.582. The first-order chi connectivity index (χ1) is 10.2. The van der Waals surface area contributed by atoms with Gasteiger partial charge in [-0.2, -0.15) is 0 Å². The minimum Gasteiger partial charge on any atom is -0.359 e. The second kappa shape index (κ2) is 5.21. The van der Waals surface area contributed by atoms with Gasteiger partial charge in [-0.25, -0.2) is 4.98 Å². The molecule has 0 saturated heterocycles. The van der Waals surface area contributed by atoms with Gasteiger partial charge in [0.05, 0.1) is 15.2 Å². The van der Waals surface area contributed by atoms with E-state index in [0.717, 1.165) is 33.2 Å². The zero-order valence-corrected chi connectivity index (χ0v) is 13.7. The molecule has 0 spiro atoms. The molecular formula is C16H19N3S2. The molecule has 1 aromatic carbocycles. The number of aryl methyl sites for hydroxylation is 1. The minimum atomic E-state index is 0.582. The van der Waals surface area contributed by atoms with Crippen LogP contribution in [-0.2, 0) is 0 Å². The Morgan fingerprint density at radius 2 is 2.24 bits per heavy atom. The van der Waals surface area contributed by atoms with Crippen molar-refractivity contribution < 1.29 is 0 Å². The SMILES string of the molecule is Cc1nc2ccc(NC(=S)N[C@H]3C[C@@H]4CC[C@H]3C4)cc2s1. The van der Waals surface area contributed by atoms with Crippen molar-refractivity contribution >= 4 is 44.6 Å². The molecule has 0 aliphatic heterocycles. The first kappa shape index (κ1) is 13.5. The lowest BCUT2D eigenvalue weighted by atomic mass is 9.96. The molecule has 2 bridgehead atoms. The van der Waals surface area contributed by atoms with Crippen molar-refractivity contribution in [3.8, 4) is 0 Å². The van der Waals surface area contributed by atoms with Crippen LogP contribution in [0, 0.1) is 18.8 Å². The van der Waals surface area contributed by atoms with Gasteiger partial charge >= 0.3 is 0 Å². The number of nitrogens with zero attached hydrogens (tertiary/aromatic N) is 1. The van der Waals surface area contributed by atoms with Gasteiger partial charge in [-0.05, 0) is 68.4 Å². The average Bonchev–Trinajstić information content (AvgIpc) is 3.11. The maximum atomic E-state index is 5.48. The van der Waals surface area contributed by atoms with Gasteiger partial charge in [-0.1, -0.05) is 6.42 Å². The van der Waals surface area contributed by atoms with Crippen molar-refractivity contribution in [2.75, 3.05) is 5.32 Å². The normalized spacial score (nSPS) is 27.2. The van der Waals surface area contributed by atoms with E-state index in [-0.39, 0.29) is 0 Å². The Balaban J connectivity index is 1.43. The monoisotopic (exact) mass is 317 g/mol. The van der Waals surface area contributed by atoms with Gasteiger partial charge in [-0.3, -0.25) is 0 Å². The van der Waals surface area contributed by atoms with E-state index in [2.05, 4.69) is 33.8 Å². The Morgan fingerprint density at radius 3 is 3.00 bits per heavy atom. The number of anilines is 1. The lowest BCUT2D eigenvalue weighted by molar-refractivity contribution is 0.392. The quantitative estimate of drug-likeness (QED) is 0.818. The summed E-state index contributed by atoms with van der Waals surface area (Å²) in [6.45, 7) is 2.04. The molecule has 0 amide bonds. The fourth-order valence-corrected chi connectivity index (χ4v) is 5.01. The smallest absolute Gasteiger partial charge is 0.171 e. The standard InChI is InChI=1S/C16H19N3S2/c1-9-17-13-5-4-12(8-15(13)21-9)18-16(20)19-14-7-10-2-3-11(14)6-10/h4-5,8,10-11,14H,2-3,6-7H2,1H3,(H2,18,19,20)/t10-,11+,14+/m1/s1. The molecule has 2 aliphatic rings. The largest absolute Gasteiger partial charge is 0.359 e. The topological polar surface area (TPSA) is 37.0 Å². The van der Waals surface area contributed by atoms with E-state index >= 15 is 0 Å². The summed E-state index contributed by atoms with van der Waals surface area (Å²) in [4.78, 5) is 4.48. The molecule has 4 rings (SSSR count). The van der Waals surface area contributed by atoms with Crippen molar-refractivity contribution in [1.29, 1.82) is 0 Å². The molecule has 3 nitrogen and oxygen atoms in total. The fourth-order valence-electron chi connectivity index (χ4n) is 3.87. The molecule has 2 saturated carbocycles. The van der Waals surface area contributed by atoms with Crippen LogP contribution in [0.3, 0.4) is 0 Å². The van der Waals surface area contributed by atoms with Gasteiger partial charge in [0, 0.05) is 11.7 Å². The average molecular weight is 317 g/mol. The van der Waals surface area contributed by atoms with Crippen LogP contribution in [0.15, 0.2) is 18.2 Å². The number of hydrogen-bond acceptors (Lipinski definition) is 3. The number of benzene rings is 1. The summed E-state index contributed by atoms with van der Waals surface area (Å²) < 4.78 is 1.21. The van der Waals surface area contributed by atoms with Crippen LogP contribution in [0.5, 0.6) is 0 Å². The van der Waals surface area contributed by atoms with Crippen molar-refractivity contribution in [2.24, 2.45) is 11.8 Å². The van der Waals surface area contributed by atoms with Gasteiger partial charge < -0.3 is 10.6 Å². The van der Waals surface area contributed by atoms with Crippen molar-refractivity contribution in [1.82, 2.24) is 10.3 Å². The van der Waals surface area contributed by atoms with Gasteiger partial charge in [0.15, 0.2) is 5.11 Å². The number of aromatic nitrogens is 1. The Kier molecular flexibility index (Phi) is 3.34.